The van der Waals surface area contributed by atoms with E-state index in [2.05, 4.69) is 20.4 Å². The largest absolute Gasteiger partial charge is 0.344 e. The van der Waals surface area contributed by atoms with Gasteiger partial charge in [0.15, 0.2) is 5.78 Å². The zero-order valence-electron chi connectivity index (χ0n) is 15.8. The van der Waals surface area contributed by atoms with Crippen molar-refractivity contribution in [2.24, 2.45) is 5.10 Å². The third-order valence-corrected chi connectivity index (χ3v) is 5.44. The van der Waals surface area contributed by atoms with Crippen LogP contribution in [0.1, 0.15) is 18.4 Å². The van der Waals surface area contributed by atoms with Gasteiger partial charge in [-0.3, -0.25) is 19.6 Å². The van der Waals surface area contributed by atoms with E-state index in [1.807, 2.05) is 47.8 Å². The number of hydrogen-bond acceptors (Lipinski definition) is 7. The first kappa shape index (κ1) is 18.9. The Labute approximate surface area is 172 Å². The molecule has 1 N–H and O–H groups in total. The van der Waals surface area contributed by atoms with Crippen molar-refractivity contribution in [3.63, 3.8) is 0 Å². The third kappa shape index (κ3) is 4.22. The van der Waals surface area contributed by atoms with Crippen molar-refractivity contribution < 1.29 is 9.59 Å². The van der Waals surface area contributed by atoms with Crippen LogP contribution >= 0.6 is 11.3 Å². The Morgan fingerprint density at radius 1 is 1.17 bits per heavy atom. The molecule has 0 spiro atoms. The van der Waals surface area contributed by atoms with Crippen molar-refractivity contribution >= 4 is 34.4 Å². The van der Waals surface area contributed by atoms with Crippen LogP contribution in [0.5, 0.6) is 0 Å². The lowest BCUT2D eigenvalue weighted by Gasteiger charge is -2.20. The van der Waals surface area contributed by atoms with Gasteiger partial charge in [0.1, 0.15) is 16.8 Å². The number of carbonyl (C=O) groups excluding carboxylic acids is 2. The first-order chi connectivity index (χ1) is 14.1. The van der Waals surface area contributed by atoms with E-state index in [0.29, 0.717) is 12.3 Å². The Kier molecular flexibility index (Phi) is 5.44. The predicted octanol–water partition coefficient (Wildman–Crippen LogP) is 3.05. The number of amides is 1. The third-order valence-electron chi connectivity index (χ3n) is 4.59. The predicted molar refractivity (Wildman–Crippen MR) is 113 cm³/mol. The lowest BCUT2D eigenvalue weighted by molar-refractivity contribution is -0.118. The first-order valence-corrected chi connectivity index (χ1v) is 10.0. The second-order valence-corrected chi connectivity index (χ2v) is 7.55. The number of Topliss-reactive ketones (excluding diaryl/α,β-unsaturated/α-hetero) is 1. The van der Waals surface area contributed by atoms with E-state index in [1.165, 1.54) is 18.3 Å². The van der Waals surface area contributed by atoms with E-state index in [0.717, 1.165) is 22.0 Å². The molecule has 3 heterocycles. The summed E-state index contributed by atoms with van der Waals surface area (Å²) >= 11 is 1.48. The summed E-state index contributed by atoms with van der Waals surface area (Å²) < 4.78 is 0. The van der Waals surface area contributed by atoms with Gasteiger partial charge in [-0.25, -0.2) is 4.98 Å². The summed E-state index contributed by atoms with van der Waals surface area (Å²) in [5.74, 6) is -0.308. The summed E-state index contributed by atoms with van der Waals surface area (Å²) in [5.41, 5.74) is 2.97. The fraction of sp³-hybridized carbons (Fsp3) is 0.190. The molecule has 0 saturated heterocycles. The molecular weight excluding hydrogens is 386 g/mol. The number of rotatable bonds is 6. The van der Waals surface area contributed by atoms with Crippen molar-refractivity contribution in [1.29, 1.82) is 0 Å². The lowest BCUT2D eigenvalue weighted by atomic mass is 10.1. The average molecular weight is 405 g/mol. The molecule has 1 atom stereocenters. The number of thiazole rings is 1. The lowest BCUT2D eigenvalue weighted by Crippen LogP contribution is -2.34. The quantitative estimate of drug-likeness (QED) is 0.681. The maximum atomic E-state index is 12.6. The highest BCUT2D eigenvalue weighted by Gasteiger charge is 2.34. The van der Waals surface area contributed by atoms with Crippen LogP contribution < -0.4 is 10.3 Å². The monoisotopic (exact) mass is 405 g/mol. The average Bonchev–Trinajstić information content (AvgIpc) is 3.41. The van der Waals surface area contributed by atoms with Gasteiger partial charge in [0.05, 0.1) is 17.9 Å². The number of nitrogens with one attached hydrogen (secondary N) is 1. The van der Waals surface area contributed by atoms with E-state index >= 15 is 0 Å². The minimum absolute atomic E-state index is 0.0256. The number of aromatic nitrogens is 2. The van der Waals surface area contributed by atoms with Crippen LogP contribution in [0.3, 0.4) is 0 Å². The molecule has 1 aliphatic rings. The van der Waals surface area contributed by atoms with Crippen LogP contribution in [0.4, 0.5) is 5.69 Å². The fourth-order valence-corrected chi connectivity index (χ4v) is 3.83. The molecule has 0 fully saturated rings. The maximum absolute atomic E-state index is 12.6. The highest BCUT2D eigenvalue weighted by atomic mass is 32.1. The van der Waals surface area contributed by atoms with Gasteiger partial charge in [-0.2, -0.15) is 5.10 Å². The van der Waals surface area contributed by atoms with Gasteiger partial charge in [0, 0.05) is 29.8 Å². The minimum atomic E-state index is -0.462. The van der Waals surface area contributed by atoms with E-state index in [4.69, 9.17) is 0 Å². The number of hydrazone groups is 1. The fourth-order valence-electron chi connectivity index (χ4n) is 3.09. The number of ketones is 1. The molecule has 0 bridgehead atoms. The molecular formula is C21H19N5O2S. The van der Waals surface area contributed by atoms with Crippen molar-refractivity contribution in [1.82, 2.24) is 15.3 Å². The van der Waals surface area contributed by atoms with Gasteiger partial charge in [-0.05, 0) is 31.2 Å². The molecule has 1 aromatic carbocycles. The molecule has 2 aromatic heterocycles. The standard InChI is InChI=1S/C21H19N5O2S/c1-14(27)19-11-17(25-26(19)16-5-3-2-4-6-16)21(28)23-12-20-24-18(13-29-20)15-7-9-22-10-8-15/h2-10,13,19H,11-12H2,1H3,(H,23,28). The van der Waals surface area contributed by atoms with E-state index in [9.17, 15) is 9.59 Å². The van der Waals surface area contributed by atoms with Crippen LogP contribution in [-0.4, -0.2) is 33.4 Å². The van der Waals surface area contributed by atoms with Crippen LogP contribution in [0.25, 0.3) is 11.3 Å². The highest BCUT2D eigenvalue weighted by molar-refractivity contribution is 7.09. The summed E-state index contributed by atoms with van der Waals surface area (Å²) in [5, 5.41) is 11.7. The summed E-state index contributed by atoms with van der Waals surface area (Å²) in [6.45, 7) is 1.83. The van der Waals surface area contributed by atoms with Crippen molar-refractivity contribution in [2.75, 3.05) is 5.01 Å². The van der Waals surface area contributed by atoms with Crippen molar-refractivity contribution in [3.05, 3.63) is 65.2 Å². The van der Waals surface area contributed by atoms with Gasteiger partial charge in [0.25, 0.3) is 5.91 Å². The molecule has 8 heteroatoms. The van der Waals surface area contributed by atoms with Gasteiger partial charge >= 0.3 is 0 Å². The smallest absolute Gasteiger partial charge is 0.267 e. The Morgan fingerprint density at radius 3 is 2.66 bits per heavy atom. The van der Waals surface area contributed by atoms with E-state index in [1.54, 1.807) is 17.4 Å². The number of hydrogen-bond donors (Lipinski definition) is 1. The molecule has 4 rings (SSSR count). The molecule has 1 amide bonds. The normalized spacial score (nSPS) is 15.8. The molecule has 146 valence electrons. The topological polar surface area (TPSA) is 87.5 Å². The zero-order chi connectivity index (χ0) is 20.2. The van der Waals surface area contributed by atoms with Crippen LogP contribution in [0.2, 0.25) is 0 Å². The molecule has 0 aliphatic carbocycles. The van der Waals surface area contributed by atoms with Crippen molar-refractivity contribution in [3.8, 4) is 11.3 Å². The second kappa shape index (κ2) is 8.32. The molecule has 3 aromatic rings. The van der Waals surface area contributed by atoms with Crippen molar-refractivity contribution in [2.45, 2.75) is 25.9 Å². The number of para-hydroxylation sites is 1. The molecule has 1 aliphatic heterocycles. The molecule has 0 saturated carbocycles. The highest BCUT2D eigenvalue weighted by Crippen LogP contribution is 2.25. The number of nitrogens with zero attached hydrogens (tertiary/aromatic N) is 4. The Balaban J connectivity index is 1.43. The summed E-state index contributed by atoms with van der Waals surface area (Å²) in [4.78, 5) is 33.2. The number of benzene rings is 1. The summed E-state index contributed by atoms with van der Waals surface area (Å²) in [7, 11) is 0. The van der Waals surface area contributed by atoms with Gasteiger partial charge in [-0.15, -0.1) is 11.3 Å². The first-order valence-electron chi connectivity index (χ1n) is 9.17. The summed E-state index contributed by atoms with van der Waals surface area (Å²) in [6, 6.07) is 12.7. The second-order valence-electron chi connectivity index (χ2n) is 6.60. The van der Waals surface area contributed by atoms with E-state index in [-0.39, 0.29) is 18.1 Å². The number of carbonyl (C=O) groups is 2. The SMILES string of the molecule is CC(=O)C1CC(C(=O)NCc2nc(-c3ccncc3)cs2)=NN1c1ccccc1. The van der Waals surface area contributed by atoms with Crippen LogP contribution in [0.15, 0.2) is 65.3 Å². The van der Waals surface area contributed by atoms with Crippen LogP contribution in [0, 0.1) is 0 Å². The number of pyridine rings is 1. The Hall–Kier alpha value is -3.39. The molecule has 7 nitrogen and oxygen atoms in total. The number of anilines is 1. The minimum Gasteiger partial charge on any atom is -0.344 e. The van der Waals surface area contributed by atoms with Gasteiger partial charge < -0.3 is 5.32 Å². The Bertz CT molecular complexity index is 1050. The zero-order valence-corrected chi connectivity index (χ0v) is 16.6. The molecule has 1 unspecified atom stereocenters. The van der Waals surface area contributed by atoms with Gasteiger partial charge in [-0.1, -0.05) is 18.2 Å². The maximum Gasteiger partial charge on any atom is 0.267 e. The summed E-state index contributed by atoms with van der Waals surface area (Å²) in [6.07, 6.45) is 3.73. The molecule has 0 radical (unpaired) electrons. The Morgan fingerprint density at radius 2 is 1.93 bits per heavy atom. The van der Waals surface area contributed by atoms with Gasteiger partial charge in [0.2, 0.25) is 0 Å². The van der Waals surface area contributed by atoms with Crippen LogP contribution in [-0.2, 0) is 16.1 Å². The van der Waals surface area contributed by atoms with E-state index < -0.39 is 6.04 Å². The molecule has 29 heavy (non-hydrogen) atoms.